The van der Waals surface area contributed by atoms with Crippen LogP contribution in [0.15, 0.2) is 0 Å². The monoisotopic (exact) mass is 336 g/mol. The summed E-state index contributed by atoms with van der Waals surface area (Å²) in [5.41, 5.74) is 0. The lowest BCUT2D eigenvalue weighted by molar-refractivity contribution is -0.154. The Hall–Kier alpha value is -0.820. The van der Waals surface area contributed by atoms with Gasteiger partial charge in [-0.15, -0.1) is 0 Å². The highest BCUT2D eigenvalue weighted by molar-refractivity contribution is 5.78. The first-order valence-electron chi connectivity index (χ1n) is 8.60. The van der Waals surface area contributed by atoms with E-state index in [9.17, 15) is 18.0 Å². The minimum absolute atomic E-state index is 0.0870. The molecule has 0 aromatic heterocycles. The van der Waals surface area contributed by atoms with Gasteiger partial charge in [0.05, 0.1) is 13.1 Å². The Bertz CT molecular complexity index is 388. The number of carbonyl (C=O) groups is 1. The zero-order valence-corrected chi connectivity index (χ0v) is 13.5. The summed E-state index contributed by atoms with van der Waals surface area (Å²) in [5.74, 6) is 0.332. The molecule has 1 saturated carbocycles. The highest BCUT2D eigenvalue weighted by atomic mass is 19.4. The number of nitrogens with zero attached hydrogens (tertiary/aromatic N) is 2. The highest BCUT2D eigenvalue weighted by Gasteiger charge is 2.37. The van der Waals surface area contributed by atoms with Crippen molar-refractivity contribution in [2.75, 3.05) is 32.8 Å². The molecular weight excluding hydrogens is 309 g/mol. The van der Waals surface area contributed by atoms with E-state index < -0.39 is 12.7 Å². The largest absolute Gasteiger partial charge is 0.401 e. The van der Waals surface area contributed by atoms with Crippen LogP contribution in [0.1, 0.15) is 44.9 Å². The molecule has 1 N–H and O–H groups in total. The number of fused-ring (bicyclic) bond motifs is 1. The molecule has 4 nitrogen and oxygen atoms in total. The van der Waals surface area contributed by atoms with Crippen LogP contribution in [-0.2, 0) is 4.79 Å². The van der Waals surface area contributed by atoms with Crippen LogP contribution in [0.25, 0.3) is 0 Å². The normalized spacial score (nSPS) is 25.5. The maximum atomic E-state index is 12.7. The lowest BCUT2D eigenvalue weighted by Gasteiger charge is -2.44. The van der Waals surface area contributed by atoms with E-state index in [1.54, 1.807) is 0 Å². The quantitative estimate of drug-likeness (QED) is 0.810. The van der Waals surface area contributed by atoms with Gasteiger partial charge < -0.3 is 10.0 Å². The number of rotatable bonds is 6. The van der Waals surface area contributed by atoms with Crippen LogP contribution < -0.4 is 0 Å². The van der Waals surface area contributed by atoms with Crippen molar-refractivity contribution in [2.45, 2.75) is 57.2 Å². The third-order valence-corrected chi connectivity index (χ3v) is 4.96. The average Bonchev–Trinajstić information content (AvgIpc) is 2.50. The summed E-state index contributed by atoms with van der Waals surface area (Å²) >= 11 is 0. The standard InChI is InChI=1S/C16H27F3N2O2/c17-16(18,19)12-20(8-4-10-22)11-15(23)21-9-3-6-13-5-1-2-7-14(13)21/h13-14,22H,1-12H2. The molecule has 2 fully saturated rings. The predicted molar refractivity (Wildman–Crippen MR) is 80.9 cm³/mol. The van der Waals surface area contributed by atoms with Gasteiger partial charge in [0.2, 0.25) is 5.91 Å². The average molecular weight is 336 g/mol. The molecule has 134 valence electrons. The van der Waals surface area contributed by atoms with Crippen molar-refractivity contribution in [3.8, 4) is 0 Å². The molecule has 0 bridgehead atoms. The lowest BCUT2D eigenvalue weighted by Crippen LogP contribution is -2.53. The number of likely N-dealkylation sites (tertiary alicyclic amines) is 1. The van der Waals surface area contributed by atoms with E-state index in [0.717, 1.165) is 37.0 Å². The number of piperidine rings is 1. The van der Waals surface area contributed by atoms with Crippen LogP contribution in [0, 0.1) is 5.92 Å². The van der Waals surface area contributed by atoms with Crippen LogP contribution in [0.2, 0.25) is 0 Å². The Morgan fingerprint density at radius 2 is 1.87 bits per heavy atom. The molecule has 1 saturated heterocycles. The van der Waals surface area contributed by atoms with Crippen molar-refractivity contribution in [3.05, 3.63) is 0 Å². The fourth-order valence-corrected chi connectivity index (χ4v) is 3.98. The summed E-state index contributed by atoms with van der Waals surface area (Å²) in [4.78, 5) is 15.5. The maximum Gasteiger partial charge on any atom is 0.401 e. The first-order valence-corrected chi connectivity index (χ1v) is 8.60. The van der Waals surface area contributed by atoms with E-state index in [0.29, 0.717) is 12.5 Å². The minimum atomic E-state index is -4.33. The molecule has 23 heavy (non-hydrogen) atoms. The zero-order valence-electron chi connectivity index (χ0n) is 13.5. The summed E-state index contributed by atoms with van der Waals surface area (Å²) in [6, 6.07) is 0.218. The van der Waals surface area contributed by atoms with Gasteiger partial charge in [0, 0.05) is 25.7 Å². The van der Waals surface area contributed by atoms with Crippen molar-refractivity contribution >= 4 is 5.91 Å². The third-order valence-electron chi connectivity index (χ3n) is 4.96. The van der Waals surface area contributed by atoms with Crippen molar-refractivity contribution < 1.29 is 23.1 Å². The Kier molecular flexibility index (Phi) is 6.71. The lowest BCUT2D eigenvalue weighted by atomic mass is 9.78. The van der Waals surface area contributed by atoms with Gasteiger partial charge in [0.25, 0.3) is 0 Å². The Labute approximate surface area is 135 Å². The van der Waals surface area contributed by atoms with E-state index in [1.807, 2.05) is 4.90 Å². The van der Waals surface area contributed by atoms with E-state index in [1.165, 1.54) is 6.42 Å². The first-order chi connectivity index (χ1) is 10.9. The molecule has 0 aromatic carbocycles. The van der Waals surface area contributed by atoms with Crippen molar-refractivity contribution in [3.63, 3.8) is 0 Å². The van der Waals surface area contributed by atoms with Crippen LogP contribution >= 0.6 is 0 Å². The molecule has 1 aliphatic heterocycles. The molecule has 1 aliphatic carbocycles. The highest BCUT2D eigenvalue weighted by Crippen LogP contribution is 2.35. The molecule has 0 spiro atoms. The molecule has 2 aliphatic rings. The Morgan fingerprint density at radius 1 is 1.17 bits per heavy atom. The van der Waals surface area contributed by atoms with Crippen LogP contribution in [-0.4, -0.2) is 65.8 Å². The van der Waals surface area contributed by atoms with Gasteiger partial charge in [-0.1, -0.05) is 12.8 Å². The molecular formula is C16H27F3N2O2. The summed E-state index contributed by atoms with van der Waals surface area (Å²) in [5, 5.41) is 8.85. The topological polar surface area (TPSA) is 43.8 Å². The molecule has 1 heterocycles. The number of hydrogen-bond acceptors (Lipinski definition) is 3. The van der Waals surface area contributed by atoms with Gasteiger partial charge in [0.1, 0.15) is 0 Å². The third kappa shape index (κ3) is 5.64. The van der Waals surface area contributed by atoms with Crippen LogP contribution in [0.5, 0.6) is 0 Å². The molecule has 0 radical (unpaired) electrons. The molecule has 2 atom stereocenters. The van der Waals surface area contributed by atoms with Gasteiger partial charge in [-0.3, -0.25) is 9.69 Å². The molecule has 0 aromatic rings. The fraction of sp³-hybridized carbons (Fsp3) is 0.938. The predicted octanol–water partition coefficient (Wildman–Crippen LogP) is 2.41. The summed E-state index contributed by atoms with van der Waals surface area (Å²) in [7, 11) is 0. The van der Waals surface area contributed by atoms with Crippen molar-refractivity contribution in [2.24, 2.45) is 5.92 Å². The fourth-order valence-electron chi connectivity index (χ4n) is 3.98. The molecule has 2 rings (SSSR count). The molecule has 2 unspecified atom stereocenters. The first kappa shape index (κ1) is 18.5. The zero-order chi connectivity index (χ0) is 16.9. The van der Waals surface area contributed by atoms with Gasteiger partial charge in [-0.25, -0.2) is 0 Å². The summed E-state index contributed by atoms with van der Waals surface area (Å²) in [6.07, 6.45) is 2.40. The number of aliphatic hydroxyl groups is 1. The van der Waals surface area contributed by atoms with Crippen LogP contribution in [0.4, 0.5) is 13.2 Å². The number of carbonyl (C=O) groups excluding carboxylic acids is 1. The summed E-state index contributed by atoms with van der Waals surface area (Å²) in [6.45, 7) is -0.718. The molecule has 1 amide bonds. The minimum Gasteiger partial charge on any atom is -0.396 e. The number of halogens is 3. The van der Waals surface area contributed by atoms with E-state index in [-0.39, 0.29) is 38.1 Å². The van der Waals surface area contributed by atoms with E-state index in [2.05, 4.69) is 0 Å². The Balaban J connectivity index is 1.95. The van der Waals surface area contributed by atoms with Crippen molar-refractivity contribution in [1.29, 1.82) is 0 Å². The van der Waals surface area contributed by atoms with E-state index >= 15 is 0 Å². The van der Waals surface area contributed by atoms with Gasteiger partial charge in [-0.2, -0.15) is 13.2 Å². The number of hydrogen-bond donors (Lipinski definition) is 1. The van der Waals surface area contributed by atoms with Gasteiger partial charge in [0.15, 0.2) is 0 Å². The number of amides is 1. The molecule has 7 heteroatoms. The second-order valence-corrected chi connectivity index (χ2v) is 6.74. The number of alkyl halides is 3. The second-order valence-electron chi connectivity index (χ2n) is 6.74. The maximum absolute atomic E-state index is 12.7. The SMILES string of the molecule is O=C(CN(CCCO)CC(F)(F)F)N1CCCC2CCCCC21. The van der Waals surface area contributed by atoms with E-state index in [4.69, 9.17) is 5.11 Å². The smallest absolute Gasteiger partial charge is 0.396 e. The Morgan fingerprint density at radius 3 is 2.57 bits per heavy atom. The van der Waals surface area contributed by atoms with Crippen molar-refractivity contribution in [1.82, 2.24) is 9.80 Å². The second kappa shape index (κ2) is 8.33. The number of aliphatic hydroxyl groups excluding tert-OH is 1. The van der Waals surface area contributed by atoms with Gasteiger partial charge in [-0.05, 0) is 38.0 Å². The van der Waals surface area contributed by atoms with Gasteiger partial charge >= 0.3 is 6.18 Å². The summed E-state index contributed by atoms with van der Waals surface area (Å²) < 4.78 is 38.0. The van der Waals surface area contributed by atoms with Crippen LogP contribution in [0.3, 0.4) is 0 Å².